The largest absolute Gasteiger partial charge is 0.386 e. The van der Waals surface area contributed by atoms with Gasteiger partial charge in [0.25, 0.3) is 0 Å². The summed E-state index contributed by atoms with van der Waals surface area (Å²) in [5, 5.41) is 12.4. The van der Waals surface area contributed by atoms with Gasteiger partial charge in [-0.3, -0.25) is 0 Å². The zero-order valence-electron chi connectivity index (χ0n) is 9.95. The first-order valence-corrected chi connectivity index (χ1v) is 6.22. The number of hydrogen-bond donors (Lipinski definition) is 2. The molecule has 0 saturated heterocycles. The Morgan fingerprint density at radius 2 is 2.22 bits per heavy atom. The van der Waals surface area contributed by atoms with Gasteiger partial charge in [-0.05, 0) is 37.8 Å². The third-order valence-corrected chi connectivity index (χ3v) is 2.87. The van der Waals surface area contributed by atoms with Crippen LogP contribution in [0.2, 0.25) is 5.28 Å². The van der Waals surface area contributed by atoms with Gasteiger partial charge >= 0.3 is 0 Å². The molecule has 0 radical (unpaired) electrons. The lowest BCUT2D eigenvalue weighted by molar-refractivity contribution is 0.165. The van der Waals surface area contributed by atoms with Crippen LogP contribution < -0.4 is 5.32 Å². The molecule has 1 aromatic rings. The number of aliphatic hydroxyl groups is 1. The fraction of sp³-hybridized carbons (Fsp3) is 0.545. The average molecular weight is 273 g/mol. The summed E-state index contributed by atoms with van der Waals surface area (Å²) in [4.78, 5) is 11.9. The maximum atomic E-state index is 13.8. The fourth-order valence-electron chi connectivity index (χ4n) is 1.86. The second-order valence-corrected chi connectivity index (χ2v) is 4.35. The molecule has 0 aromatic carbocycles. The summed E-state index contributed by atoms with van der Waals surface area (Å²) in [6.45, 7) is 2.52. The Kier molecular flexibility index (Phi) is 4.08. The van der Waals surface area contributed by atoms with Gasteiger partial charge in [0.15, 0.2) is 5.82 Å². The Balaban J connectivity index is 2.41. The van der Waals surface area contributed by atoms with Crippen molar-refractivity contribution in [2.75, 3.05) is 11.9 Å². The van der Waals surface area contributed by atoms with E-state index in [-0.39, 0.29) is 11.1 Å². The number of anilines is 1. The van der Waals surface area contributed by atoms with Crippen molar-refractivity contribution in [1.29, 1.82) is 0 Å². The summed E-state index contributed by atoms with van der Waals surface area (Å²) in [6, 6.07) is 0. The molecular weight excluding hydrogens is 259 g/mol. The number of nitrogens with zero attached hydrogens (tertiary/aromatic N) is 3. The molecule has 1 heterocycles. The lowest BCUT2D eigenvalue weighted by atomic mass is 9.96. The van der Waals surface area contributed by atoms with Gasteiger partial charge in [0.1, 0.15) is 11.9 Å². The maximum Gasteiger partial charge on any atom is 0.227 e. The van der Waals surface area contributed by atoms with E-state index < -0.39 is 11.9 Å². The number of hydrogen-bond acceptors (Lipinski definition) is 5. The van der Waals surface area contributed by atoms with Gasteiger partial charge in [0.2, 0.25) is 11.2 Å². The quantitative estimate of drug-likeness (QED) is 0.882. The lowest BCUT2D eigenvalue weighted by Crippen LogP contribution is -2.16. The molecule has 98 valence electrons. The molecule has 2 rings (SSSR count). The highest BCUT2D eigenvalue weighted by atomic mass is 35.5. The van der Waals surface area contributed by atoms with Gasteiger partial charge in [0, 0.05) is 12.1 Å². The van der Waals surface area contributed by atoms with E-state index in [2.05, 4.69) is 20.3 Å². The molecule has 0 bridgehead atoms. The second kappa shape index (κ2) is 5.58. The Hall–Kier alpha value is -1.27. The van der Waals surface area contributed by atoms with E-state index >= 15 is 0 Å². The third-order valence-electron chi connectivity index (χ3n) is 2.70. The van der Waals surface area contributed by atoms with E-state index in [9.17, 15) is 9.50 Å². The molecule has 0 spiro atoms. The van der Waals surface area contributed by atoms with Crippen molar-refractivity contribution >= 4 is 23.1 Å². The van der Waals surface area contributed by atoms with Gasteiger partial charge in [-0.2, -0.15) is 15.0 Å². The van der Waals surface area contributed by atoms with Crippen molar-refractivity contribution in [1.82, 2.24) is 15.0 Å². The summed E-state index contributed by atoms with van der Waals surface area (Å²) < 4.78 is 13.8. The minimum Gasteiger partial charge on any atom is -0.386 e. The maximum absolute atomic E-state index is 13.8. The highest BCUT2D eigenvalue weighted by Gasteiger charge is 2.24. The van der Waals surface area contributed by atoms with Crippen molar-refractivity contribution in [2.45, 2.75) is 32.3 Å². The van der Waals surface area contributed by atoms with Crippen LogP contribution in [-0.2, 0) is 0 Å². The summed E-state index contributed by atoms with van der Waals surface area (Å²) in [6.07, 6.45) is 0.555. The molecular formula is C11H14ClFN4O. The monoisotopic (exact) mass is 272 g/mol. The van der Waals surface area contributed by atoms with E-state index in [1.165, 1.54) is 0 Å². The van der Waals surface area contributed by atoms with Gasteiger partial charge in [-0.25, -0.2) is 4.39 Å². The van der Waals surface area contributed by atoms with Crippen LogP contribution >= 0.6 is 11.6 Å². The standard InChI is InChI=1S/C11H14ClFN4O/c1-2-14-11-16-9(15-10(12)17-11)6-4-3-5-7(18)8(6)13/h7,18H,2-5H2,1H3,(H,14,15,16,17). The zero-order chi connectivity index (χ0) is 13.1. The van der Waals surface area contributed by atoms with E-state index in [0.717, 1.165) is 0 Å². The number of halogens is 2. The Morgan fingerprint density at radius 3 is 2.94 bits per heavy atom. The number of aliphatic hydroxyl groups excluding tert-OH is 1. The minimum absolute atomic E-state index is 0.0105. The zero-order valence-corrected chi connectivity index (χ0v) is 10.7. The predicted octanol–water partition coefficient (Wildman–Crippen LogP) is 2.18. The molecule has 1 aliphatic rings. The number of allylic oxidation sites excluding steroid dienone is 1. The van der Waals surface area contributed by atoms with Crippen molar-refractivity contribution in [3.05, 3.63) is 16.9 Å². The van der Waals surface area contributed by atoms with Crippen LogP contribution in [0.4, 0.5) is 10.3 Å². The van der Waals surface area contributed by atoms with Crippen molar-refractivity contribution < 1.29 is 9.50 Å². The topological polar surface area (TPSA) is 70.9 Å². The van der Waals surface area contributed by atoms with Gasteiger partial charge < -0.3 is 10.4 Å². The van der Waals surface area contributed by atoms with Crippen molar-refractivity contribution in [2.24, 2.45) is 0 Å². The molecule has 0 aliphatic heterocycles. The summed E-state index contributed by atoms with van der Waals surface area (Å²) in [5.74, 6) is -0.0546. The summed E-state index contributed by atoms with van der Waals surface area (Å²) in [5.41, 5.74) is 0.317. The predicted molar refractivity (Wildman–Crippen MR) is 66.9 cm³/mol. The van der Waals surface area contributed by atoms with Crippen LogP contribution in [0, 0.1) is 0 Å². The Bertz CT molecular complexity index is 480. The average Bonchev–Trinajstić information content (AvgIpc) is 2.32. The molecule has 2 N–H and O–H groups in total. The molecule has 7 heteroatoms. The van der Waals surface area contributed by atoms with Crippen LogP contribution in [-0.4, -0.2) is 32.7 Å². The minimum atomic E-state index is -1.06. The first-order valence-electron chi connectivity index (χ1n) is 5.84. The van der Waals surface area contributed by atoms with Gasteiger partial charge in [0.05, 0.1) is 0 Å². The first kappa shape index (κ1) is 13.2. The van der Waals surface area contributed by atoms with Crippen LogP contribution in [0.15, 0.2) is 5.83 Å². The third kappa shape index (κ3) is 2.76. The summed E-state index contributed by atoms with van der Waals surface area (Å²) in [7, 11) is 0. The van der Waals surface area contributed by atoms with Crippen LogP contribution in [0.25, 0.3) is 5.57 Å². The van der Waals surface area contributed by atoms with Crippen LogP contribution in [0.3, 0.4) is 0 Å². The number of nitrogens with one attached hydrogen (secondary N) is 1. The van der Waals surface area contributed by atoms with Gasteiger partial charge in [-0.1, -0.05) is 0 Å². The van der Waals surface area contributed by atoms with E-state index in [4.69, 9.17) is 11.6 Å². The van der Waals surface area contributed by atoms with Gasteiger partial charge in [-0.15, -0.1) is 0 Å². The molecule has 1 atom stereocenters. The molecule has 18 heavy (non-hydrogen) atoms. The normalized spacial score (nSPS) is 20.1. The van der Waals surface area contributed by atoms with Crippen LogP contribution in [0.1, 0.15) is 32.0 Å². The molecule has 0 saturated carbocycles. The highest BCUT2D eigenvalue weighted by molar-refractivity contribution is 6.28. The SMILES string of the molecule is CCNc1nc(Cl)nc(C2=C(F)C(O)CCC2)n1. The number of rotatable bonds is 3. The molecule has 1 unspecified atom stereocenters. The van der Waals surface area contributed by atoms with Crippen LogP contribution in [0.5, 0.6) is 0 Å². The van der Waals surface area contributed by atoms with Crippen molar-refractivity contribution in [3.8, 4) is 0 Å². The first-order chi connectivity index (χ1) is 8.61. The van der Waals surface area contributed by atoms with Crippen molar-refractivity contribution in [3.63, 3.8) is 0 Å². The van der Waals surface area contributed by atoms with E-state index in [1.807, 2.05) is 6.92 Å². The smallest absolute Gasteiger partial charge is 0.227 e. The highest BCUT2D eigenvalue weighted by Crippen LogP contribution is 2.32. The Morgan fingerprint density at radius 1 is 1.44 bits per heavy atom. The molecule has 0 fully saturated rings. The lowest BCUT2D eigenvalue weighted by Gasteiger charge is -2.18. The Labute approximate surface area is 109 Å². The second-order valence-electron chi connectivity index (χ2n) is 4.02. The molecule has 5 nitrogen and oxygen atoms in total. The number of aromatic nitrogens is 3. The van der Waals surface area contributed by atoms with E-state index in [0.29, 0.717) is 37.3 Å². The molecule has 0 amide bonds. The summed E-state index contributed by atoms with van der Waals surface area (Å²) >= 11 is 5.78. The fourth-order valence-corrected chi connectivity index (χ4v) is 2.02. The molecule has 1 aliphatic carbocycles. The van der Waals surface area contributed by atoms with E-state index in [1.54, 1.807) is 0 Å². The molecule has 1 aromatic heterocycles.